The van der Waals surface area contributed by atoms with Gasteiger partial charge >= 0.3 is 6.09 Å². The molecule has 1 amide bonds. The van der Waals surface area contributed by atoms with E-state index in [0.29, 0.717) is 30.3 Å². The first-order valence-electron chi connectivity index (χ1n) is 9.89. The summed E-state index contributed by atoms with van der Waals surface area (Å²) >= 11 is 0. The Morgan fingerprint density at radius 3 is 2.77 bits per heavy atom. The number of aryl methyl sites for hydroxylation is 2. The summed E-state index contributed by atoms with van der Waals surface area (Å²) in [6, 6.07) is 7.49. The van der Waals surface area contributed by atoms with Gasteiger partial charge < -0.3 is 19.5 Å². The first-order valence-corrected chi connectivity index (χ1v) is 9.89. The molecule has 164 valence electrons. The van der Waals surface area contributed by atoms with E-state index in [1.54, 1.807) is 30.8 Å². The van der Waals surface area contributed by atoms with E-state index >= 15 is 0 Å². The first kappa shape index (κ1) is 20.8. The van der Waals surface area contributed by atoms with Crippen LogP contribution in [0.15, 0.2) is 30.3 Å². The molecule has 0 atom stereocenters. The molecule has 0 saturated carbocycles. The number of halogens is 1. The van der Waals surface area contributed by atoms with Crippen LogP contribution >= 0.6 is 0 Å². The first-order chi connectivity index (χ1) is 15.0. The maximum Gasteiger partial charge on any atom is 0.414 e. The van der Waals surface area contributed by atoms with Crippen LogP contribution in [-0.4, -0.2) is 50.1 Å². The van der Waals surface area contributed by atoms with Crippen LogP contribution in [0.5, 0.6) is 11.8 Å². The Morgan fingerprint density at radius 2 is 2.03 bits per heavy atom. The number of benzene rings is 1. The number of hydrogen-bond acceptors (Lipinski definition) is 7. The molecule has 11 heteroatoms. The molecule has 1 aliphatic heterocycles. The van der Waals surface area contributed by atoms with Gasteiger partial charge in [-0.25, -0.2) is 18.5 Å². The summed E-state index contributed by atoms with van der Waals surface area (Å²) in [6.45, 7) is 3.18. The number of amides is 1. The van der Waals surface area contributed by atoms with Crippen molar-refractivity contribution in [2.24, 2.45) is 7.05 Å². The van der Waals surface area contributed by atoms with Gasteiger partial charge in [0, 0.05) is 26.3 Å². The average Bonchev–Trinajstić information content (AvgIpc) is 3.29. The molecule has 4 rings (SSSR count). The van der Waals surface area contributed by atoms with Crippen molar-refractivity contribution < 1.29 is 23.4 Å². The monoisotopic (exact) mass is 430 g/mol. The predicted octanol–water partition coefficient (Wildman–Crippen LogP) is 2.29. The summed E-state index contributed by atoms with van der Waals surface area (Å²) in [5, 5.41) is 15.2. The second-order valence-electron chi connectivity index (χ2n) is 7.16. The molecule has 1 fully saturated rings. The lowest BCUT2D eigenvalue weighted by Gasteiger charge is -2.22. The van der Waals surface area contributed by atoms with Gasteiger partial charge in [0.25, 0.3) is 0 Å². The van der Waals surface area contributed by atoms with Crippen LogP contribution in [0.25, 0.3) is 5.69 Å². The van der Waals surface area contributed by atoms with Gasteiger partial charge in [-0.05, 0) is 44.0 Å². The standard InChI is InChI=1S/C20H23FN6O4/c1-13-17(27(25-23-13)16-5-3-14(21)4-6-16)12-30-18-11-19(26(2)24-18)31-20(28)22-15-7-9-29-10-8-15/h3-6,11,15H,7-10,12H2,1-2H3,(H,22,28). The highest BCUT2D eigenvalue weighted by Gasteiger charge is 2.19. The van der Waals surface area contributed by atoms with Crippen LogP contribution in [0.4, 0.5) is 9.18 Å². The zero-order valence-corrected chi connectivity index (χ0v) is 17.2. The molecule has 10 nitrogen and oxygen atoms in total. The number of ether oxygens (including phenoxy) is 3. The number of nitrogens with one attached hydrogen (secondary N) is 1. The molecule has 0 unspecified atom stereocenters. The second-order valence-corrected chi connectivity index (χ2v) is 7.16. The van der Waals surface area contributed by atoms with Gasteiger partial charge in [0.1, 0.15) is 18.1 Å². The van der Waals surface area contributed by atoms with E-state index in [0.717, 1.165) is 12.8 Å². The summed E-state index contributed by atoms with van der Waals surface area (Å²) in [5.41, 5.74) is 2.03. The fourth-order valence-electron chi connectivity index (χ4n) is 3.20. The Labute approximate surface area is 177 Å². The maximum atomic E-state index is 13.2. The van der Waals surface area contributed by atoms with Crippen LogP contribution in [0.3, 0.4) is 0 Å². The second kappa shape index (κ2) is 9.13. The normalized spacial score (nSPS) is 14.4. The molecule has 0 spiro atoms. The summed E-state index contributed by atoms with van der Waals surface area (Å²) in [6.07, 6.45) is 0.962. The summed E-state index contributed by atoms with van der Waals surface area (Å²) in [4.78, 5) is 12.2. The quantitative estimate of drug-likeness (QED) is 0.640. The molecule has 31 heavy (non-hydrogen) atoms. The lowest BCUT2D eigenvalue weighted by molar-refractivity contribution is 0.0776. The molecule has 3 aromatic rings. The molecule has 0 bridgehead atoms. The van der Waals surface area contributed by atoms with Crippen molar-refractivity contribution in [3.05, 3.63) is 47.5 Å². The average molecular weight is 430 g/mol. The lowest BCUT2D eigenvalue weighted by atomic mass is 10.1. The summed E-state index contributed by atoms with van der Waals surface area (Å²) < 4.78 is 32.6. The predicted molar refractivity (Wildman–Crippen MR) is 107 cm³/mol. The molecular weight excluding hydrogens is 407 g/mol. The van der Waals surface area contributed by atoms with E-state index in [2.05, 4.69) is 20.7 Å². The number of aromatic nitrogens is 5. The summed E-state index contributed by atoms with van der Waals surface area (Å²) in [7, 11) is 1.65. The number of rotatable bonds is 6. The highest BCUT2D eigenvalue weighted by atomic mass is 19.1. The van der Waals surface area contributed by atoms with Gasteiger partial charge in [-0.3, -0.25) is 0 Å². The molecular formula is C20H23FN6O4. The number of nitrogens with zero attached hydrogens (tertiary/aromatic N) is 5. The van der Waals surface area contributed by atoms with Gasteiger partial charge in [-0.2, -0.15) is 0 Å². The molecule has 2 aromatic heterocycles. The smallest absolute Gasteiger partial charge is 0.414 e. The van der Waals surface area contributed by atoms with Crippen LogP contribution in [0.2, 0.25) is 0 Å². The van der Waals surface area contributed by atoms with Crippen molar-refractivity contribution in [1.82, 2.24) is 30.1 Å². The van der Waals surface area contributed by atoms with Crippen LogP contribution in [0.1, 0.15) is 24.2 Å². The topological polar surface area (TPSA) is 105 Å². The van der Waals surface area contributed by atoms with E-state index in [1.807, 2.05) is 0 Å². The highest BCUT2D eigenvalue weighted by Crippen LogP contribution is 2.21. The Balaban J connectivity index is 1.39. The van der Waals surface area contributed by atoms with E-state index < -0.39 is 6.09 Å². The summed E-state index contributed by atoms with van der Waals surface area (Å²) in [5.74, 6) is 0.198. The SMILES string of the molecule is Cc1nnn(-c2ccc(F)cc2)c1COc1cc(OC(=O)NC2CCOCC2)n(C)n1. The third-order valence-corrected chi connectivity index (χ3v) is 4.94. The van der Waals surface area contributed by atoms with Gasteiger partial charge in [0.2, 0.25) is 11.8 Å². The van der Waals surface area contributed by atoms with Crippen molar-refractivity contribution in [3.63, 3.8) is 0 Å². The van der Waals surface area contributed by atoms with Crippen molar-refractivity contribution >= 4 is 6.09 Å². The maximum absolute atomic E-state index is 13.2. The molecule has 0 aliphatic carbocycles. The fourth-order valence-corrected chi connectivity index (χ4v) is 3.20. The number of hydrogen-bond donors (Lipinski definition) is 1. The minimum Gasteiger partial charge on any atom is -0.470 e. The van der Waals surface area contributed by atoms with Gasteiger partial charge in [-0.1, -0.05) is 5.21 Å². The van der Waals surface area contributed by atoms with Crippen molar-refractivity contribution in [1.29, 1.82) is 0 Å². The van der Waals surface area contributed by atoms with E-state index in [-0.39, 0.29) is 30.2 Å². The third-order valence-electron chi connectivity index (χ3n) is 4.94. The van der Waals surface area contributed by atoms with Gasteiger partial charge in [0.05, 0.1) is 17.4 Å². The Hall–Kier alpha value is -3.47. The zero-order valence-electron chi connectivity index (χ0n) is 17.2. The van der Waals surface area contributed by atoms with Crippen molar-refractivity contribution in [2.75, 3.05) is 13.2 Å². The third kappa shape index (κ3) is 5.00. The van der Waals surface area contributed by atoms with E-state index in [1.165, 1.54) is 22.9 Å². The largest absolute Gasteiger partial charge is 0.470 e. The highest BCUT2D eigenvalue weighted by molar-refractivity contribution is 5.70. The molecule has 1 saturated heterocycles. The van der Waals surface area contributed by atoms with Crippen molar-refractivity contribution in [3.8, 4) is 17.4 Å². The van der Waals surface area contributed by atoms with Crippen LogP contribution < -0.4 is 14.8 Å². The molecule has 0 radical (unpaired) electrons. The van der Waals surface area contributed by atoms with Crippen molar-refractivity contribution in [2.45, 2.75) is 32.4 Å². The number of carbonyl (C=O) groups is 1. The Bertz CT molecular complexity index is 1040. The van der Waals surface area contributed by atoms with Gasteiger partial charge in [0.15, 0.2) is 0 Å². The molecule has 3 heterocycles. The molecule has 1 aromatic carbocycles. The zero-order chi connectivity index (χ0) is 21.8. The minimum atomic E-state index is -0.545. The van der Waals surface area contributed by atoms with Crippen LogP contribution in [0, 0.1) is 12.7 Å². The molecule has 1 aliphatic rings. The van der Waals surface area contributed by atoms with E-state index in [9.17, 15) is 9.18 Å². The molecule has 1 N–H and O–H groups in total. The fraction of sp³-hybridized carbons (Fsp3) is 0.400. The number of carbonyl (C=O) groups excluding carboxylic acids is 1. The Kier molecular flexibility index (Phi) is 6.12. The van der Waals surface area contributed by atoms with E-state index in [4.69, 9.17) is 14.2 Å². The minimum absolute atomic E-state index is 0.0346. The van der Waals surface area contributed by atoms with Gasteiger partial charge in [-0.15, -0.1) is 10.2 Å². The van der Waals surface area contributed by atoms with Crippen LogP contribution in [-0.2, 0) is 18.4 Å². The Morgan fingerprint density at radius 1 is 1.29 bits per heavy atom. The lowest BCUT2D eigenvalue weighted by Crippen LogP contribution is -2.40.